The number of amides is 1. The molecule has 2 aromatic heterocycles. The van der Waals surface area contributed by atoms with Gasteiger partial charge in [0.05, 0.1) is 11.1 Å². The van der Waals surface area contributed by atoms with Crippen molar-refractivity contribution in [3.05, 3.63) is 65.5 Å². The predicted molar refractivity (Wildman–Crippen MR) is 101 cm³/mol. The van der Waals surface area contributed by atoms with Gasteiger partial charge in [0, 0.05) is 25.5 Å². The third kappa shape index (κ3) is 5.29. The Hall–Kier alpha value is -3.51. The lowest BCUT2D eigenvalue weighted by Gasteiger charge is -2.23. The van der Waals surface area contributed by atoms with Crippen LogP contribution in [0.15, 0.2) is 43.0 Å². The number of halogens is 6. The van der Waals surface area contributed by atoms with Crippen LogP contribution in [0, 0.1) is 5.92 Å². The van der Waals surface area contributed by atoms with Crippen molar-refractivity contribution in [1.29, 1.82) is 0 Å². The highest BCUT2D eigenvalue weighted by atomic mass is 19.4. The van der Waals surface area contributed by atoms with Gasteiger partial charge in [0.15, 0.2) is 0 Å². The molecule has 2 heterocycles. The molecule has 174 valence electrons. The fourth-order valence-corrected chi connectivity index (χ4v) is 3.24. The maximum absolute atomic E-state index is 13.2. The second-order valence-electron chi connectivity index (χ2n) is 7.59. The highest BCUT2D eigenvalue weighted by Gasteiger charge is 2.37. The van der Waals surface area contributed by atoms with Crippen LogP contribution in [0.1, 0.15) is 40.2 Å². The number of hydrogen-bond donors (Lipinski definition) is 0. The van der Waals surface area contributed by atoms with Gasteiger partial charge in [-0.15, -0.1) is 0 Å². The summed E-state index contributed by atoms with van der Waals surface area (Å²) in [6.07, 6.45) is -4.43. The first-order valence-corrected chi connectivity index (χ1v) is 9.77. The van der Waals surface area contributed by atoms with Gasteiger partial charge in [0.1, 0.15) is 6.33 Å². The smallest absolute Gasteiger partial charge is 0.331 e. The zero-order valence-electron chi connectivity index (χ0n) is 16.8. The van der Waals surface area contributed by atoms with Gasteiger partial charge in [-0.25, -0.2) is 15.0 Å². The first-order chi connectivity index (χ1) is 15.5. The molecule has 13 heteroatoms. The summed E-state index contributed by atoms with van der Waals surface area (Å²) in [6.45, 7) is -0.316. The van der Waals surface area contributed by atoms with E-state index >= 15 is 0 Å². The fourth-order valence-electron chi connectivity index (χ4n) is 3.24. The van der Waals surface area contributed by atoms with E-state index in [1.807, 2.05) is 0 Å². The van der Waals surface area contributed by atoms with Crippen LogP contribution in [0.2, 0.25) is 0 Å². The van der Waals surface area contributed by atoms with Crippen molar-refractivity contribution >= 4 is 5.91 Å². The topological polar surface area (TPSA) is 76.8 Å². The van der Waals surface area contributed by atoms with Crippen LogP contribution in [0.5, 0.6) is 0 Å². The first-order valence-electron chi connectivity index (χ1n) is 9.77. The van der Waals surface area contributed by atoms with Crippen molar-refractivity contribution in [2.45, 2.75) is 31.7 Å². The van der Waals surface area contributed by atoms with E-state index < -0.39 is 35.9 Å². The molecule has 0 spiro atoms. The van der Waals surface area contributed by atoms with E-state index in [0.29, 0.717) is 12.1 Å². The normalized spacial score (nSPS) is 14.4. The SMILES string of the molecule is O=C(c1ncnn1-c1ncccn1)N(Cc1cc(C(F)(F)F)cc(C(F)(F)F)c1)CC1CC1. The molecule has 1 aliphatic rings. The highest BCUT2D eigenvalue weighted by molar-refractivity contribution is 5.91. The standard InChI is InChI=1S/C20H16F6N6O/c21-19(22,23)14-6-13(7-15(8-14)20(24,25)26)10-31(9-12-2-3-12)17(33)16-29-11-30-32(16)18-27-4-1-5-28-18/h1,4-8,11-12H,2-3,9-10H2. The van der Waals surface area contributed by atoms with Crippen molar-refractivity contribution in [3.8, 4) is 5.95 Å². The second kappa shape index (κ2) is 8.45. The van der Waals surface area contributed by atoms with Crippen molar-refractivity contribution in [2.75, 3.05) is 6.54 Å². The molecule has 4 rings (SSSR count). The van der Waals surface area contributed by atoms with E-state index in [-0.39, 0.29) is 35.9 Å². The lowest BCUT2D eigenvalue weighted by atomic mass is 10.0. The maximum Gasteiger partial charge on any atom is 0.416 e. The lowest BCUT2D eigenvalue weighted by molar-refractivity contribution is -0.143. The Kier molecular flexibility index (Phi) is 5.80. The van der Waals surface area contributed by atoms with E-state index in [1.54, 1.807) is 6.07 Å². The number of hydrogen-bond acceptors (Lipinski definition) is 5. The third-order valence-corrected chi connectivity index (χ3v) is 4.96. The molecule has 3 aromatic rings. The number of carbonyl (C=O) groups is 1. The molecule has 7 nitrogen and oxygen atoms in total. The Morgan fingerprint density at radius 2 is 1.58 bits per heavy atom. The van der Waals surface area contributed by atoms with E-state index in [4.69, 9.17) is 0 Å². The van der Waals surface area contributed by atoms with E-state index in [0.717, 1.165) is 23.9 Å². The molecular formula is C20H16F6N6O. The number of aromatic nitrogens is 5. The van der Waals surface area contributed by atoms with Gasteiger partial charge in [-0.2, -0.15) is 36.1 Å². The second-order valence-corrected chi connectivity index (χ2v) is 7.59. The van der Waals surface area contributed by atoms with Crippen molar-refractivity contribution < 1.29 is 31.1 Å². The molecular weight excluding hydrogens is 454 g/mol. The molecule has 0 bridgehead atoms. The molecule has 1 amide bonds. The van der Waals surface area contributed by atoms with Gasteiger partial charge in [-0.3, -0.25) is 4.79 Å². The third-order valence-electron chi connectivity index (χ3n) is 4.96. The van der Waals surface area contributed by atoms with E-state index in [9.17, 15) is 31.1 Å². The van der Waals surface area contributed by atoms with Crippen LogP contribution in [0.25, 0.3) is 5.95 Å². The molecule has 0 saturated heterocycles. The molecule has 0 aliphatic heterocycles. The summed E-state index contributed by atoms with van der Waals surface area (Å²) in [5.74, 6) is -0.767. The Morgan fingerprint density at radius 1 is 0.970 bits per heavy atom. The Morgan fingerprint density at radius 3 is 2.12 bits per heavy atom. The molecule has 1 saturated carbocycles. The van der Waals surface area contributed by atoms with Crippen molar-refractivity contribution in [2.24, 2.45) is 5.92 Å². The summed E-state index contributed by atoms with van der Waals surface area (Å²) < 4.78 is 80.5. The Balaban J connectivity index is 1.69. The van der Waals surface area contributed by atoms with Crippen molar-refractivity contribution in [3.63, 3.8) is 0 Å². The fraction of sp³-hybridized carbons (Fsp3) is 0.350. The van der Waals surface area contributed by atoms with Crippen LogP contribution in [0.4, 0.5) is 26.3 Å². The largest absolute Gasteiger partial charge is 0.416 e. The molecule has 1 aromatic carbocycles. The Labute approximate surface area is 183 Å². The van der Waals surface area contributed by atoms with Crippen LogP contribution in [-0.4, -0.2) is 42.1 Å². The summed E-state index contributed by atoms with van der Waals surface area (Å²) in [6, 6.07) is 2.84. The summed E-state index contributed by atoms with van der Waals surface area (Å²) in [5, 5.41) is 3.92. The van der Waals surface area contributed by atoms with Crippen LogP contribution >= 0.6 is 0 Å². The average molecular weight is 470 g/mol. The van der Waals surface area contributed by atoms with Gasteiger partial charge >= 0.3 is 12.4 Å². The van der Waals surface area contributed by atoms with Gasteiger partial charge < -0.3 is 4.90 Å². The molecule has 1 fully saturated rings. The minimum atomic E-state index is -4.98. The van der Waals surface area contributed by atoms with Crippen LogP contribution in [-0.2, 0) is 18.9 Å². The van der Waals surface area contributed by atoms with Gasteiger partial charge in [-0.05, 0) is 48.6 Å². The molecule has 1 aliphatic carbocycles. The number of nitrogens with zero attached hydrogens (tertiary/aromatic N) is 6. The summed E-state index contributed by atoms with van der Waals surface area (Å²) in [7, 11) is 0. The number of carbonyl (C=O) groups excluding carboxylic acids is 1. The van der Waals surface area contributed by atoms with Gasteiger partial charge in [0.25, 0.3) is 11.9 Å². The molecule has 0 atom stereocenters. The average Bonchev–Trinajstić information content (AvgIpc) is 3.44. The van der Waals surface area contributed by atoms with Crippen molar-refractivity contribution in [1.82, 2.24) is 29.6 Å². The van der Waals surface area contributed by atoms with E-state index in [1.165, 1.54) is 17.3 Å². The molecule has 0 radical (unpaired) electrons. The van der Waals surface area contributed by atoms with Crippen LogP contribution < -0.4 is 0 Å². The lowest BCUT2D eigenvalue weighted by Crippen LogP contribution is -2.34. The number of benzene rings is 1. The van der Waals surface area contributed by atoms with E-state index in [2.05, 4.69) is 20.1 Å². The minimum Gasteiger partial charge on any atom is -0.331 e. The number of alkyl halides is 6. The maximum atomic E-state index is 13.2. The highest BCUT2D eigenvalue weighted by Crippen LogP contribution is 2.37. The first kappa shape index (κ1) is 22.7. The molecule has 33 heavy (non-hydrogen) atoms. The molecule has 0 unspecified atom stereocenters. The van der Waals surface area contributed by atoms with Crippen LogP contribution in [0.3, 0.4) is 0 Å². The summed E-state index contributed by atoms with van der Waals surface area (Å²) in [4.78, 5) is 26.3. The van der Waals surface area contributed by atoms with Gasteiger partial charge in [-0.1, -0.05) is 0 Å². The summed E-state index contributed by atoms with van der Waals surface area (Å²) in [5.41, 5.74) is -3.17. The summed E-state index contributed by atoms with van der Waals surface area (Å²) >= 11 is 0. The zero-order chi connectivity index (χ0) is 23.8. The quantitative estimate of drug-likeness (QED) is 0.506. The minimum absolute atomic E-state index is 0.0446. The monoisotopic (exact) mass is 470 g/mol. The molecule has 0 N–H and O–H groups in total. The predicted octanol–water partition coefficient (Wildman–Crippen LogP) is 4.15. The zero-order valence-corrected chi connectivity index (χ0v) is 16.8. The Bertz CT molecular complexity index is 1110. The van der Waals surface area contributed by atoms with Gasteiger partial charge in [0.2, 0.25) is 5.82 Å². The number of rotatable bonds is 6.